The van der Waals surface area contributed by atoms with E-state index in [0.29, 0.717) is 5.03 Å². The molecule has 0 atom stereocenters. The lowest BCUT2D eigenvalue weighted by atomic mass is 10.3. The molecule has 17 heavy (non-hydrogen) atoms. The number of thioether (sulfide) groups is 2. The Hall–Kier alpha value is -0.600. The second-order valence-corrected chi connectivity index (χ2v) is 5.75. The van der Waals surface area contributed by atoms with Crippen LogP contribution in [0, 0.1) is 11.3 Å². The Morgan fingerprint density at radius 3 is 2.18 bits per heavy atom. The highest BCUT2D eigenvalue weighted by Gasteiger charge is 2.14. The summed E-state index contributed by atoms with van der Waals surface area (Å²) in [6.07, 6.45) is 4.16. The third-order valence-electron chi connectivity index (χ3n) is 2.05. The van der Waals surface area contributed by atoms with Gasteiger partial charge in [0, 0.05) is 5.75 Å². The summed E-state index contributed by atoms with van der Waals surface area (Å²) >= 11 is 2.59. The second kappa shape index (κ2) is 10.5. The van der Waals surface area contributed by atoms with E-state index in [1.54, 1.807) is 0 Å². The largest absolute Gasteiger partial charge is 0.392 e. The maximum atomic E-state index is 11.7. The first kappa shape index (κ1) is 16.4. The fourth-order valence-corrected chi connectivity index (χ4v) is 2.90. The first-order chi connectivity index (χ1) is 8.17. The first-order valence-electron chi connectivity index (χ1n) is 5.87. The van der Waals surface area contributed by atoms with Gasteiger partial charge in [0.05, 0.1) is 5.03 Å². The van der Waals surface area contributed by atoms with Gasteiger partial charge in [-0.3, -0.25) is 4.79 Å². The lowest BCUT2D eigenvalue weighted by Gasteiger charge is -2.04. The zero-order valence-corrected chi connectivity index (χ0v) is 12.1. The number of carbonyl (C=O) groups is 1. The van der Waals surface area contributed by atoms with Crippen LogP contribution in [-0.4, -0.2) is 16.6 Å². The smallest absolute Gasteiger partial charge is 0.232 e. The number of nitriles is 1. The molecule has 0 aliphatic heterocycles. The Morgan fingerprint density at radius 1 is 1.18 bits per heavy atom. The summed E-state index contributed by atoms with van der Waals surface area (Å²) in [7, 11) is 0. The quantitative estimate of drug-likeness (QED) is 0.417. The van der Waals surface area contributed by atoms with Crippen molar-refractivity contribution < 1.29 is 4.79 Å². The van der Waals surface area contributed by atoms with Gasteiger partial charge in [-0.05, 0) is 18.6 Å². The molecule has 5 heteroatoms. The Morgan fingerprint density at radius 2 is 1.71 bits per heavy atom. The summed E-state index contributed by atoms with van der Waals surface area (Å²) < 4.78 is 0. The van der Waals surface area contributed by atoms with E-state index in [9.17, 15) is 4.79 Å². The van der Waals surface area contributed by atoms with Crippen LogP contribution >= 0.6 is 23.5 Å². The number of hydrogen-bond acceptors (Lipinski definition) is 5. The summed E-state index contributed by atoms with van der Waals surface area (Å²) in [6.45, 7) is 4.17. The third kappa shape index (κ3) is 7.35. The lowest BCUT2D eigenvalue weighted by molar-refractivity contribution is -0.107. The molecule has 0 spiro atoms. The molecule has 0 bridgehead atoms. The van der Waals surface area contributed by atoms with Crippen LogP contribution in [0.4, 0.5) is 0 Å². The topological polar surface area (TPSA) is 66.9 Å². The summed E-state index contributed by atoms with van der Waals surface area (Å²) in [4.78, 5) is 11.7. The predicted molar refractivity (Wildman–Crippen MR) is 76.6 cm³/mol. The zero-order chi connectivity index (χ0) is 13.1. The number of hydrogen-bond donors (Lipinski definition) is 1. The maximum absolute atomic E-state index is 11.7. The number of carbonyl (C=O) groups excluding carboxylic acids is 1. The molecule has 2 N–H and O–H groups in total. The van der Waals surface area contributed by atoms with Crippen LogP contribution in [0.25, 0.3) is 0 Å². The summed E-state index contributed by atoms with van der Waals surface area (Å²) in [5.74, 6) is 1.62. The Balaban J connectivity index is 4.31. The van der Waals surface area contributed by atoms with Crippen LogP contribution in [-0.2, 0) is 4.79 Å². The molecule has 0 saturated heterocycles. The minimum absolute atomic E-state index is 0.118. The number of nitrogens with two attached hydrogens (primary N) is 1. The van der Waals surface area contributed by atoms with Gasteiger partial charge in [0.25, 0.3) is 0 Å². The van der Waals surface area contributed by atoms with Crippen LogP contribution in [0.5, 0.6) is 0 Å². The molecule has 0 aromatic carbocycles. The van der Waals surface area contributed by atoms with Crippen molar-refractivity contribution in [1.82, 2.24) is 0 Å². The van der Waals surface area contributed by atoms with Crippen molar-refractivity contribution in [2.24, 2.45) is 5.73 Å². The van der Waals surface area contributed by atoms with Gasteiger partial charge < -0.3 is 5.73 Å². The van der Waals surface area contributed by atoms with Gasteiger partial charge in [-0.1, -0.05) is 38.5 Å². The minimum atomic E-state index is -0.192. The molecule has 0 saturated carbocycles. The van der Waals surface area contributed by atoms with E-state index < -0.39 is 0 Å². The molecule has 96 valence electrons. The molecule has 0 amide bonds. The average Bonchev–Trinajstić information content (AvgIpc) is 2.30. The van der Waals surface area contributed by atoms with Crippen molar-refractivity contribution in [3.63, 3.8) is 0 Å². The van der Waals surface area contributed by atoms with Crippen LogP contribution in [0.3, 0.4) is 0 Å². The zero-order valence-electron chi connectivity index (χ0n) is 10.5. The second-order valence-electron chi connectivity index (χ2n) is 3.54. The molecule has 0 rings (SSSR count). The minimum Gasteiger partial charge on any atom is -0.392 e. The molecule has 3 nitrogen and oxygen atoms in total. The van der Waals surface area contributed by atoms with Gasteiger partial charge in [0.2, 0.25) is 5.12 Å². The van der Waals surface area contributed by atoms with E-state index in [1.807, 2.05) is 6.07 Å². The van der Waals surface area contributed by atoms with E-state index in [2.05, 4.69) is 13.8 Å². The molecule has 0 aliphatic rings. The molecule has 0 unspecified atom stereocenters. The van der Waals surface area contributed by atoms with Gasteiger partial charge in [-0.2, -0.15) is 5.26 Å². The lowest BCUT2D eigenvalue weighted by Crippen LogP contribution is -2.06. The number of rotatable bonds is 8. The van der Waals surface area contributed by atoms with Gasteiger partial charge in [0.15, 0.2) is 0 Å². The van der Waals surface area contributed by atoms with Crippen LogP contribution in [0.15, 0.2) is 10.6 Å². The van der Waals surface area contributed by atoms with E-state index in [0.717, 1.165) is 37.2 Å². The Bertz CT molecular complexity index is 308. The summed E-state index contributed by atoms with van der Waals surface area (Å²) in [5, 5.41) is 9.12. The van der Waals surface area contributed by atoms with E-state index in [-0.39, 0.29) is 10.7 Å². The van der Waals surface area contributed by atoms with Crippen molar-refractivity contribution in [1.29, 1.82) is 5.26 Å². The van der Waals surface area contributed by atoms with Crippen molar-refractivity contribution in [3.8, 4) is 6.07 Å². The number of nitrogens with zero attached hydrogens (tertiary/aromatic N) is 1. The van der Waals surface area contributed by atoms with Crippen LogP contribution < -0.4 is 5.73 Å². The Labute approximate surface area is 112 Å². The molecule has 0 heterocycles. The molecule has 0 aromatic rings. The monoisotopic (exact) mass is 272 g/mol. The summed E-state index contributed by atoms with van der Waals surface area (Å²) in [6, 6.07) is 1.92. The van der Waals surface area contributed by atoms with E-state index in [4.69, 9.17) is 11.0 Å². The van der Waals surface area contributed by atoms with Gasteiger partial charge in [-0.15, -0.1) is 11.8 Å². The van der Waals surface area contributed by atoms with Gasteiger partial charge >= 0.3 is 0 Å². The maximum Gasteiger partial charge on any atom is 0.232 e. The first-order valence-corrected chi connectivity index (χ1v) is 7.84. The Kier molecular flexibility index (Phi) is 10.2. The molecule has 0 radical (unpaired) electrons. The fourth-order valence-electron chi connectivity index (χ4n) is 0.981. The van der Waals surface area contributed by atoms with Crippen molar-refractivity contribution in [2.75, 3.05) is 11.5 Å². The number of unbranched alkanes of at least 4 members (excludes halogenated alkanes) is 2. The van der Waals surface area contributed by atoms with Gasteiger partial charge in [-0.25, -0.2) is 0 Å². The average molecular weight is 272 g/mol. The molecule has 0 aliphatic carbocycles. The molecule has 0 fully saturated rings. The standard InChI is InChI=1S/C12H20N2OS2/c1-3-5-7-16-11(14)10(9-13)12(15)17-8-6-4-2/h3-8,14H2,1-2H3/b11-10+. The van der Waals surface area contributed by atoms with Gasteiger partial charge in [0.1, 0.15) is 11.6 Å². The fraction of sp³-hybridized carbons (Fsp3) is 0.667. The summed E-state index contributed by atoms with van der Waals surface area (Å²) in [5.41, 5.74) is 5.88. The molecular weight excluding hydrogens is 252 g/mol. The van der Waals surface area contributed by atoms with Crippen molar-refractivity contribution in [3.05, 3.63) is 10.6 Å². The highest BCUT2D eigenvalue weighted by atomic mass is 32.2. The van der Waals surface area contributed by atoms with E-state index in [1.165, 1.54) is 23.5 Å². The SMILES string of the molecule is CCCCSC(=O)/C(C#N)=C(\N)SCCCC. The highest BCUT2D eigenvalue weighted by Crippen LogP contribution is 2.21. The van der Waals surface area contributed by atoms with Crippen LogP contribution in [0.2, 0.25) is 0 Å². The van der Waals surface area contributed by atoms with Crippen molar-refractivity contribution >= 4 is 28.6 Å². The molecule has 0 aromatic heterocycles. The predicted octanol–water partition coefficient (Wildman–Crippen LogP) is 3.27. The van der Waals surface area contributed by atoms with Crippen molar-refractivity contribution in [2.45, 2.75) is 39.5 Å². The third-order valence-corrected chi connectivity index (χ3v) is 4.02. The molecular formula is C12H20N2OS2. The van der Waals surface area contributed by atoms with Crippen LogP contribution in [0.1, 0.15) is 39.5 Å². The highest BCUT2D eigenvalue weighted by molar-refractivity contribution is 8.14. The van der Waals surface area contributed by atoms with E-state index >= 15 is 0 Å². The normalized spacial score (nSPS) is 11.8.